The zero-order chi connectivity index (χ0) is 31.5. The number of carbonyl (C=O) groups is 3. The lowest BCUT2D eigenvalue weighted by atomic mass is 9.79. The fourth-order valence-electron chi connectivity index (χ4n) is 8.43. The van der Waals surface area contributed by atoms with Crippen molar-refractivity contribution in [2.45, 2.75) is 63.8 Å². The highest BCUT2D eigenvalue weighted by atomic mass is 16.2. The van der Waals surface area contributed by atoms with E-state index in [0.717, 1.165) is 91.9 Å². The van der Waals surface area contributed by atoms with Gasteiger partial charge in [0, 0.05) is 62.6 Å². The molecule has 1 unspecified atom stereocenters. The molecule has 3 N–H and O–H groups in total. The molecule has 0 bridgehead atoms. The van der Waals surface area contributed by atoms with Crippen LogP contribution in [0.25, 0.3) is 10.9 Å². The zero-order valence-corrected chi connectivity index (χ0v) is 26.9. The van der Waals surface area contributed by atoms with E-state index in [1.165, 1.54) is 12.8 Å². The van der Waals surface area contributed by atoms with Gasteiger partial charge in [0.1, 0.15) is 0 Å². The summed E-state index contributed by atoms with van der Waals surface area (Å²) in [5, 5.41) is 7.69. The van der Waals surface area contributed by atoms with Crippen LogP contribution < -0.4 is 10.6 Å². The maximum absolute atomic E-state index is 14.1. The minimum absolute atomic E-state index is 0.0521. The Labute approximate surface area is 272 Å². The van der Waals surface area contributed by atoms with Crippen LogP contribution in [0.3, 0.4) is 0 Å². The first kappa shape index (κ1) is 30.8. The first-order valence-corrected chi connectivity index (χ1v) is 17.5. The Kier molecular flexibility index (Phi) is 9.28. The summed E-state index contributed by atoms with van der Waals surface area (Å²) in [6.07, 6.45) is 9.66. The molecule has 46 heavy (non-hydrogen) atoms. The van der Waals surface area contributed by atoms with E-state index in [1.807, 2.05) is 39.1 Å². The number of benzene rings is 2. The zero-order valence-electron chi connectivity index (χ0n) is 26.9. The van der Waals surface area contributed by atoms with Crippen molar-refractivity contribution in [3.05, 3.63) is 65.9 Å². The number of aromatic nitrogens is 1. The van der Waals surface area contributed by atoms with Crippen molar-refractivity contribution in [2.24, 2.45) is 17.8 Å². The number of hydrogen-bond acceptors (Lipinski definition) is 4. The molecule has 4 amide bonds. The molecule has 4 aliphatic rings. The summed E-state index contributed by atoms with van der Waals surface area (Å²) in [4.78, 5) is 50.2. The van der Waals surface area contributed by atoms with Crippen LogP contribution in [0.15, 0.2) is 54.7 Å². The van der Waals surface area contributed by atoms with E-state index in [1.54, 1.807) is 0 Å². The molecule has 9 heteroatoms. The Morgan fingerprint density at radius 2 is 1.57 bits per heavy atom. The summed E-state index contributed by atoms with van der Waals surface area (Å²) in [5.41, 5.74) is 4.22. The number of piperidine rings is 3. The van der Waals surface area contributed by atoms with Crippen molar-refractivity contribution in [3.63, 3.8) is 0 Å². The van der Waals surface area contributed by atoms with Crippen LogP contribution >= 0.6 is 0 Å². The van der Waals surface area contributed by atoms with E-state index in [2.05, 4.69) is 45.9 Å². The van der Waals surface area contributed by atoms with Crippen molar-refractivity contribution < 1.29 is 14.4 Å². The molecule has 7 rings (SSSR count). The Morgan fingerprint density at radius 1 is 0.826 bits per heavy atom. The van der Waals surface area contributed by atoms with E-state index in [0.29, 0.717) is 32.0 Å². The van der Waals surface area contributed by atoms with Gasteiger partial charge in [0.2, 0.25) is 11.8 Å². The number of para-hydroxylation sites is 1. The average Bonchev–Trinajstić information content (AvgIpc) is 3.50. The normalized spacial score (nSPS) is 21.1. The number of hydrogen-bond donors (Lipinski definition) is 3. The van der Waals surface area contributed by atoms with Gasteiger partial charge in [-0.15, -0.1) is 0 Å². The predicted molar refractivity (Wildman–Crippen MR) is 180 cm³/mol. The van der Waals surface area contributed by atoms with E-state index >= 15 is 0 Å². The van der Waals surface area contributed by atoms with Crippen LogP contribution in [0.1, 0.15) is 56.1 Å². The highest BCUT2D eigenvalue weighted by Crippen LogP contribution is 2.32. The minimum atomic E-state index is -0.382. The minimum Gasteiger partial charge on any atom is -0.361 e. The smallest absolute Gasteiger partial charge is 0.322 e. The molecule has 3 aromatic rings. The van der Waals surface area contributed by atoms with Crippen molar-refractivity contribution >= 4 is 34.4 Å². The highest BCUT2D eigenvalue weighted by molar-refractivity contribution is 5.91. The van der Waals surface area contributed by atoms with Gasteiger partial charge in [-0.3, -0.25) is 9.59 Å². The van der Waals surface area contributed by atoms with Crippen molar-refractivity contribution in [1.82, 2.24) is 25.0 Å². The summed E-state index contributed by atoms with van der Waals surface area (Å²) in [7, 11) is 0. The number of amides is 4. The predicted octanol–water partition coefficient (Wildman–Crippen LogP) is 5.04. The van der Waals surface area contributed by atoms with Crippen LogP contribution in [0, 0.1) is 17.8 Å². The van der Waals surface area contributed by atoms with Gasteiger partial charge in [0.15, 0.2) is 0 Å². The van der Waals surface area contributed by atoms with Gasteiger partial charge in [-0.05, 0) is 117 Å². The molecule has 3 fully saturated rings. The van der Waals surface area contributed by atoms with E-state index in [4.69, 9.17) is 0 Å². The summed E-state index contributed by atoms with van der Waals surface area (Å²) in [5.74, 6) is 1.26. The molecular formula is C37H48N6O3. The van der Waals surface area contributed by atoms with Crippen LogP contribution in [-0.4, -0.2) is 89.4 Å². The fraction of sp³-hybridized carbons (Fsp3) is 0.541. The van der Waals surface area contributed by atoms with E-state index in [-0.39, 0.29) is 36.2 Å². The SMILES string of the molecule is O=C(CC(Cc1ccc2[nH]ccc2c1)C(=O)N1CCC(C2CCNCC2)CC1)N1CCC(N2CCc3ccccc3NC2=O)CC1. The van der Waals surface area contributed by atoms with Crippen molar-refractivity contribution in [2.75, 3.05) is 51.1 Å². The molecule has 0 spiro atoms. The highest BCUT2D eigenvalue weighted by Gasteiger charge is 2.35. The molecule has 0 radical (unpaired) electrons. The number of carbonyl (C=O) groups excluding carboxylic acids is 3. The molecule has 1 aromatic heterocycles. The van der Waals surface area contributed by atoms with Gasteiger partial charge in [-0.25, -0.2) is 4.79 Å². The van der Waals surface area contributed by atoms with Crippen LogP contribution in [0.5, 0.6) is 0 Å². The number of nitrogens with zero attached hydrogens (tertiary/aromatic N) is 3. The van der Waals surface area contributed by atoms with E-state index in [9.17, 15) is 14.4 Å². The summed E-state index contributed by atoms with van der Waals surface area (Å²) < 4.78 is 0. The third kappa shape index (κ3) is 6.80. The quantitative estimate of drug-likeness (QED) is 0.343. The molecule has 3 saturated heterocycles. The van der Waals surface area contributed by atoms with Gasteiger partial charge >= 0.3 is 6.03 Å². The number of likely N-dealkylation sites (tertiary alicyclic amines) is 2. The van der Waals surface area contributed by atoms with Gasteiger partial charge in [-0.1, -0.05) is 24.3 Å². The maximum Gasteiger partial charge on any atom is 0.322 e. The molecule has 2 aromatic carbocycles. The Hall–Kier alpha value is -3.85. The number of fused-ring (bicyclic) bond motifs is 2. The molecule has 1 atom stereocenters. The number of anilines is 1. The molecule has 9 nitrogen and oxygen atoms in total. The second kappa shape index (κ2) is 13.9. The Bertz CT molecular complexity index is 1530. The van der Waals surface area contributed by atoms with Gasteiger partial charge in [0.25, 0.3) is 0 Å². The second-order valence-electron chi connectivity index (χ2n) is 13.9. The number of H-pyrrole nitrogens is 1. The number of rotatable bonds is 7. The van der Waals surface area contributed by atoms with Crippen LogP contribution in [-0.2, 0) is 22.4 Å². The summed E-state index contributed by atoms with van der Waals surface area (Å²) >= 11 is 0. The molecule has 4 aliphatic heterocycles. The maximum atomic E-state index is 14.1. The molecule has 0 saturated carbocycles. The first-order chi connectivity index (χ1) is 22.5. The lowest BCUT2D eigenvalue weighted by Crippen LogP contribution is -2.50. The standard InChI is InChI=1S/C37H48N6O3/c44-35(41-20-13-32(14-21-41)43-22-12-29-3-1-2-4-34(29)40-37(43)46)25-31(24-26-5-6-33-30(23-26)9-17-39-33)36(45)42-18-10-28(11-19-42)27-7-15-38-16-8-27/h1-6,9,17,23,27-28,31-32,38-39H,7-8,10-16,18-22,24-25H2,(H,40,46). The lowest BCUT2D eigenvalue weighted by Gasteiger charge is -2.40. The summed E-state index contributed by atoms with van der Waals surface area (Å²) in [6, 6.07) is 16.4. The molecule has 5 heterocycles. The lowest BCUT2D eigenvalue weighted by molar-refractivity contribution is -0.143. The van der Waals surface area contributed by atoms with Gasteiger partial charge < -0.3 is 30.3 Å². The van der Waals surface area contributed by atoms with Gasteiger partial charge in [-0.2, -0.15) is 0 Å². The molecular weight excluding hydrogens is 576 g/mol. The topological polar surface area (TPSA) is 101 Å². The van der Waals surface area contributed by atoms with Crippen LogP contribution in [0.2, 0.25) is 0 Å². The van der Waals surface area contributed by atoms with Gasteiger partial charge in [0.05, 0.1) is 5.92 Å². The number of urea groups is 1. The number of aromatic amines is 1. The van der Waals surface area contributed by atoms with Crippen molar-refractivity contribution in [1.29, 1.82) is 0 Å². The third-order valence-corrected chi connectivity index (χ3v) is 11.2. The van der Waals surface area contributed by atoms with Crippen LogP contribution in [0.4, 0.5) is 10.5 Å². The monoisotopic (exact) mass is 624 g/mol. The third-order valence-electron chi connectivity index (χ3n) is 11.2. The average molecular weight is 625 g/mol. The Balaban J connectivity index is 0.986. The first-order valence-electron chi connectivity index (χ1n) is 17.5. The number of nitrogens with one attached hydrogen (secondary N) is 3. The summed E-state index contributed by atoms with van der Waals surface area (Å²) in [6.45, 7) is 5.70. The fourth-order valence-corrected chi connectivity index (χ4v) is 8.43. The Morgan fingerprint density at radius 3 is 2.37 bits per heavy atom. The molecule has 0 aliphatic carbocycles. The molecule has 244 valence electrons. The van der Waals surface area contributed by atoms with E-state index < -0.39 is 0 Å². The second-order valence-corrected chi connectivity index (χ2v) is 13.9. The largest absolute Gasteiger partial charge is 0.361 e. The van der Waals surface area contributed by atoms with Crippen molar-refractivity contribution in [3.8, 4) is 0 Å².